The lowest BCUT2D eigenvalue weighted by atomic mass is 9.92. The van der Waals surface area contributed by atoms with Crippen molar-refractivity contribution in [3.63, 3.8) is 0 Å². The first-order valence-electron chi connectivity index (χ1n) is 10.2. The Bertz CT molecular complexity index is 1250. The summed E-state index contributed by atoms with van der Waals surface area (Å²) in [6.07, 6.45) is 0.810. The van der Waals surface area contributed by atoms with Crippen LogP contribution in [0.5, 0.6) is 0 Å². The van der Waals surface area contributed by atoms with Crippen molar-refractivity contribution in [1.82, 2.24) is 25.2 Å². The number of rotatable bonds is 6. The largest absolute Gasteiger partial charge is 0.368 e. The number of benzene rings is 2. The van der Waals surface area contributed by atoms with Crippen molar-refractivity contribution in [2.24, 2.45) is 0 Å². The van der Waals surface area contributed by atoms with E-state index in [0.29, 0.717) is 10.6 Å². The van der Waals surface area contributed by atoms with Crippen LogP contribution in [0.4, 0.5) is 22.4 Å². The minimum Gasteiger partial charge on any atom is -0.368 e. The molecule has 3 aromatic rings. The monoisotopic (exact) mass is 485 g/mol. The van der Waals surface area contributed by atoms with Crippen LogP contribution in [-0.4, -0.2) is 31.8 Å². The zero-order valence-electron chi connectivity index (χ0n) is 17.9. The number of nitrogens with two attached hydrogens (primary N) is 1. The number of imide groups is 1. The maximum absolute atomic E-state index is 13.3. The number of nitrogens with zero attached hydrogens (tertiary/aromatic N) is 4. The van der Waals surface area contributed by atoms with Gasteiger partial charge in [-0.1, -0.05) is 54.4 Å². The van der Waals surface area contributed by atoms with Gasteiger partial charge in [-0.3, -0.25) is 9.69 Å². The number of nitrogen functional groups attached to an aromatic ring is 1. The van der Waals surface area contributed by atoms with Gasteiger partial charge in [-0.2, -0.15) is 15.0 Å². The quantitative estimate of drug-likeness (QED) is 0.449. The van der Waals surface area contributed by atoms with Crippen LogP contribution in [0.25, 0.3) is 0 Å². The van der Waals surface area contributed by atoms with Gasteiger partial charge in [0.25, 0.3) is 5.91 Å². The number of halogens is 2. The molecule has 1 aromatic heterocycles. The SMILES string of the molecule is CCc1ccccc1Nc1nc(N)nc(CN2C(=O)NC(C)(c3ccc(Cl)cc3Cl)C2=O)n1. The molecule has 0 saturated carbocycles. The van der Waals surface area contributed by atoms with Gasteiger partial charge in [-0.05, 0) is 37.1 Å². The number of carbonyl (C=O) groups excluding carboxylic acids is 2. The second-order valence-corrected chi connectivity index (χ2v) is 8.48. The van der Waals surface area contributed by atoms with Gasteiger partial charge < -0.3 is 16.4 Å². The van der Waals surface area contributed by atoms with Gasteiger partial charge in [0.05, 0.1) is 6.54 Å². The van der Waals surface area contributed by atoms with Gasteiger partial charge in [-0.15, -0.1) is 0 Å². The van der Waals surface area contributed by atoms with Crippen LogP contribution >= 0.6 is 23.2 Å². The third-order valence-electron chi connectivity index (χ3n) is 5.39. The smallest absolute Gasteiger partial charge is 0.325 e. The van der Waals surface area contributed by atoms with E-state index < -0.39 is 17.5 Å². The highest BCUT2D eigenvalue weighted by Gasteiger charge is 2.50. The molecular weight excluding hydrogens is 465 g/mol. The minimum absolute atomic E-state index is 0.0351. The standard InChI is InChI=1S/C22H21Cl2N7O2/c1-3-12-6-4-5-7-16(12)26-20-28-17(27-19(25)29-20)11-31-18(32)22(2,30-21(31)33)14-9-8-13(23)10-15(14)24/h4-10H,3,11H2,1-2H3,(H,30,33)(H3,25,26,27,28,29). The van der Waals surface area contributed by atoms with E-state index in [1.54, 1.807) is 19.1 Å². The van der Waals surface area contributed by atoms with Crippen molar-refractivity contribution in [2.75, 3.05) is 11.1 Å². The number of hydrogen-bond acceptors (Lipinski definition) is 7. The molecule has 1 saturated heterocycles. The van der Waals surface area contributed by atoms with Crippen molar-refractivity contribution in [2.45, 2.75) is 32.4 Å². The van der Waals surface area contributed by atoms with Gasteiger partial charge in [-0.25, -0.2) is 4.79 Å². The molecule has 1 fully saturated rings. The van der Waals surface area contributed by atoms with E-state index in [1.165, 1.54) is 6.07 Å². The Morgan fingerprint density at radius 1 is 1.12 bits per heavy atom. The van der Waals surface area contributed by atoms with E-state index in [9.17, 15) is 9.59 Å². The third-order valence-corrected chi connectivity index (χ3v) is 5.94. The zero-order valence-corrected chi connectivity index (χ0v) is 19.4. The Hall–Kier alpha value is -3.43. The Balaban J connectivity index is 1.60. The number of para-hydroxylation sites is 1. The van der Waals surface area contributed by atoms with Gasteiger partial charge in [0, 0.05) is 21.3 Å². The molecule has 11 heteroatoms. The molecule has 2 aromatic carbocycles. The molecule has 4 rings (SSSR count). The summed E-state index contributed by atoms with van der Waals surface area (Å²) in [5.74, 6) is -0.156. The van der Waals surface area contributed by atoms with E-state index >= 15 is 0 Å². The number of amides is 3. The Labute approximate surface area is 200 Å². The summed E-state index contributed by atoms with van der Waals surface area (Å²) in [5.41, 5.74) is 6.84. The van der Waals surface area contributed by atoms with Gasteiger partial charge in [0.1, 0.15) is 5.54 Å². The number of hydrogen-bond donors (Lipinski definition) is 3. The molecule has 1 aliphatic rings. The number of nitrogens with one attached hydrogen (secondary N) is 2. The molecule has 4 N–H and O–H groups in total. The fourth-order valence-electron chi connectivity index (χ4n) is 3.70. The van der Waals surface area contributed by atoms with E-state index in [2.05, 4.69) is 25.6 Å². The number of carbonyl (C=O) groups is 2. The first kappa shape index (κ1) is 22.8. The Kier molecular flexibility index (Phi) is 6.09. The predicted molar refractivity (Wildman–Crippen MR) is 126 cm³/mol. The summed E-state index contributed by atoms with van der Waals surface area (Å²) < 4.78 is 0. The van der Waals surface area contributed by atoms with Gasteiger partial charge >= 0.3 is 6.03 Å². The summed E-state index contributed by atoms with van der Waals surface area (Å²) >= 11 is 12.3. The van der Waals surface area contributed by atoms with Crippen LogP contribution < -0.4 is 16.4 Å². The van der Waals surface area contributed by atoms with E-state index in [1.807, 2.05) is 31.2 Å². The lowest BCUT2D eigenvalue weighted by molar-refractivity contribution is -0.131. The average molecular weight is 486 g/mol. The van der Waals surface area contributed by atoms with Crippen LogP contribution in [0.3, 0.4) is 0 Å². The number of aromatic nitrogens is 3. The molecule has 1 aliphatic heterocycles. The minimum atomic E-state index is -1.36. The highest BCUT2D eigenvalue weighted by atomic mass is 35.5. The molecule has 0 bridgehead atoms. The lowest BCUT2D eigenvalue weighted by Gasteiger charge is -2.23. The fraction of sp³-hybridized carbons (Fsp3) is 0.227. The Morgan fingerprint density at radius 3 is 2.61 bits per heavy atom. The van der Waals surface area contributed by atoms with Gasteiger partial charge in [0.15, 0.2) is 5.82 Å². The highest BCUT2D eigenvalue weighted by Crippen LogP contribution is 2.35. The molecule has 33 heavy (non-hydrogen) atoms. The number of anilines is 3. The van der Waals surface area contributed by atoms with Crippen molar-refractivity contribution < 1.29 is 9.59 Å². The molecule has 0 radical (unpaired) electrons. The van der Waals surface area contributed by atoms with Crippen LogP contribution in [-0.2, 0) is 23.3 Å². The molecule has 0 aliphatic carbocycles. The first-order valence-corrected chi connectivity index (χ1v) is 10.9. The van der Waals surface area contributed by atoms with Crippen molar-refractivity contribution in [1.29, 1.82) is 0 Å². The molecule has 9 nitrogen and oxygen atoms in total. The Morgan fingerprint density at radius 2 is 1.88 bits per heavy atom. The second kappa shape index (κ2) is 8.84. The van der Waals surface area contributed by atoms with Gasteiger partial charge in [0.2, 0.25) is 11.9 Å². The summed E-state index contributed by atoms with van der Waals surface area (Å²) in [5, 5.41) is 6.53. The van der Waals surface area contributed by atoms with Crippen molar-refractivity contribution >= 4 is 52.7 Å². The summed E-state index contributed by atoms with van der Waals surface area (Å²) in [7, 11) is 0. The van der Waals surface area contributed by atoms with Crippen LogP contribution in [0.1, 0.15) is 30.8 Å². The fourth-order valence-corrected chi connectivity index (χ4v) is 4.29. The normalized spacial score (nSPS) is 17.9. The number of urea groups is 1. The molecule has 1 atom stereocenters. The molecule has 170 valence electrons. The lowest BCUT2D eigenvalue weighted by Crippen LogP contribution is -2.41. The number of aryl methyl sites for hydroxylation is 1. The van der Waals surface area contributed by atoms with Crippen LogP contribution in [0.15, 0.2) is 42.5 Å². The highest BCUT2D eigenvalue weighted by molar-refractivity contribution is 6.35. The maximum atomic E-state index is 13.3. The maximum Gasteiger partial charge on any atom is 0.325 e. The predicted octanol–water partition coefficient (Wildman–Crippen LogP) is 4.03. The van der Waals surface area contributed by atoms with Crippen molar-refractivity contribution in [3.05, 3.63) is 69.5 Å². The topological polar surface area (TPSA) is 126 Å². The van der Waals surface area contributed by atoms with E-state index in [4.69, 9.17) is 28.9 Å². The van der Waals surface area contributed by atoms with E-state index in [-0.39, 0.29) is 29.3 Å². The molecule has 3 amide bonds. The first-order chi connectivity index (χ1) is 15.7. The second-order valence-electron chi connectivity index (χ2n) is 7.64. The zero-order chi connectivity index (χ0) is 23.8. The van der Waals surface area contributed by atoms with E-state index in [0.717, 1.165) is 22.6 Å². The van der Waals surface area contributed by atoms with Crippen molar-refractivity contribution in [3.8, 4) is 0 Å². The van der Waals surface area contributed by atoms with Crippen LogP contribution in [0.2, 0.25) is 10.0 Å². The average Bonchev–Trinajstić information content (AvgIpc) is 2.97. The summed E-state index contributed by atoms with van der Waals surface area (Å²) in [6.45, 7) is 3.43. The molecular formula is C22H21Cl2N7O2. The van der Waals surface area contributed by atoms with Crippen LogP contribution in [0, 0.1) is 0 Å². The molecule has 2 heterocycles. The molecule has 0 spiro atoms. The molecule has 1 unspecified atom stereocenters. The third kappa shape index (κ3) is 4.42. The summed E-state index contributed by atoms with van der Waals surface area (Å²) in [4.78, 5) is 39.6. The summed E-state index contributed by atoms with van der Waals surface area (Å²) in [6, 6.07) is 11.9.